The molecule has 1 aromatic carbocycles. The fraction of sp³-hybridized carbons (Fsp3) is 0.500. The Balaban J connectivity index is 3.07. The fourth-order valence-electron chi connectivity index (χ4n) is 2.26. The molecular formula is C18H21Cl3O6. The Labute approximate surface area is 172 Å². The van der Waals surface area contributed by atoms with Gasteiger partial charge >= 0.3 is 17.9 Å². The van der Waals surface area contributed by atoms with Gasteiger partial charge in [0.05, 0.1) is 21.7 Å². The van der Waals surface area contributed by atoms with Crippen LogP contribution in [0.3, 0.4) is 0 Å². The first-order valence-electron chi connectivity index (χ1n) is 8.30. The largest absolute Gasteiger partial charge is 0.473 e. The Bertz CT molecular complexity index is 730. The van der Waals surface area contributed by atoms with E-state index in [0.717, 1.165) is 31.7 Å². The first-order valence-corrected chi connectivity index (χ1v) is 9.43. The van der Waals surface area contributed by atoms with Gasteiger partial charge in [0, 0.05) is 0 Å². The molecule has 150 valence electrons. The lowest BCUT2D eigenvalue weighted by Gasteiger charge is -2.24. The normalized spacial score (nSPS) is 11.2. The highest BCUT2D eigenvalue weighted by Gasteiger charge is 2.29. The quantitative estimate of drug-likeness (QED) is 0.192. The summed E-state index contributed by atoms with van der Waals surface area (Å²) >= 11 is 17.9. The number of halogens is 3. The topological polar surface area (TPSA) is 89.9 Å². The van der Waals surface area contributed by atoms with Crippen molar-refractivity contribution in [2.45, 2.75) is 46.5 Å². The molecule has 27 heavy (non-hydrogen) atoms. The van der Waals surface area contributed by atoms with E-state index in [-0.39, 0.29) is 27.1 Å². The number of hydrogen-bond acceptors (Lipinski definition) is 5. The molecule has 1 N–H and O–H groups in total. The summed E-state index contributed by atoms with van der Waals surface area (Å²) in [7, 11) is 0. The van der Waals surface area contributed by atoms with Crippen LogP contribution in [0.15, 0.2) is 6.07 Å². The molecule has 0 aliphatic rings. The van der Waals surface area contributed by atoms with Crippen LogP contribution in [0.4, 0.5) is 0 Å². The van der Waals surface area contributed by atoms with Crippen LogP contribution in [-0.4, -0.2) is 29.6 Å². The number of hydrogen-bond donors (Lipinski definition) is 1. The van der Waals surface area contributed by atoms with Gasteiger partial charge in [-0.2, -0.15) is 0 Å². The Morgan fingerprint density at radius 1 is 1.11 bits per heavy atom. The van der Waals surface area contributed by atoms with Gasteiger partial charge in [0.15, 0.2) is 5.75 Å². The monoisotopic (exact) mass is 438 g/mol. The minimum atomic E-state index is -1.85. The van der Waals surface area contributed by atoms with E-state index in [1.807, 2.05) is 13.8 Å². The molecule has 0 aliphatic carbocycles. The van der Waals surface area contributed by atoms with E-state index in [0.29, 0.717) is 0 Å². The average molecular weight is 440 g/mol. The van der Waals surface area contributed by atoms with Crippen molar-refractivity contribution < 1.29 is 29.0 Å². The molecule has 0 atom stereocenters. The molecule has 0 aromatic heterocycles. The molecule has 0 fully saturated rings. The second-order valence-electron chi connectivity index (χ2n) is 6.75. The van der Waals surface area contributed by atoms with Gasteiger partial charge in [-0.3, -0.25) is 0 Å². The maximum absolute atomic E-state index is 12.6. The first-order chi connectivity index (χ1) is 12.5. The first kappa shape index (κ1) is 23.5. The molecule has 0 saturated carbocycles. The van der Waals surface area contributed by atoms with Crippen LogP contribution >= 0.6 is 34.8 Å². The SMILES string of the molecule is CCCCCC(C)(C)COC(=O)c1c(Cl)c(Cl)cc(Cl)c1OC(=O)C(=O)O. The number of carbonyl (C=O) groups is 3. The summed E-state index contributed by atoms with van der Waals surface area (Å²) in [6.45, 7) is 6.09. The summed E-state index contributed by atoms with van der Waals surface area (Å²) in [5.74, 6) is -4.90. The summed E-state index contributed by atoms with van der Waals surface area (Å²) < 4.78 is 10.0. The third-order valence-electron chi connectivity index (χ3n) is 3.75. The molecular weight excluding hydrogens is 419 g/mol. The van der Waals surface area contributed by atoms with Crippen LogP contribution in [0.1, 0.15) is 56.8 Å². The van der Waals surface area contributed by atoms with Crippen LogP contribution in [-0.2, 0) is 14.3 Å². The number of ether oxygens (including phenoxy) is 2. The third kappa shape index (κ3) is 6.87. The lowest BCUT2D eigenvalue weighted by molar-refractivity contribution is -0.158. The van der Waals surface area contributed by atoms with Crippen LogP contribution in [0.5, 0.6) is 5.75 Å². The molecule has 0 heterocycles. The van der Waals surface area contributed by atoms with Gasteiger partial charge < -0.3 is 14.6 Å². The Morgan fingerprint density at radius 3 is 2.30 bits per heavy atom. The Kier molecular flexibility index (Phi) is 8.85. The van der Waals surface area contributed by atoms with E-state index < -0.39 is 29.2 Å². The van der Waals surface area contributed by atoms with Gasteiger partial charge in [-0.25, -0.2) is 14.4 Å². The number of esters is 2. The predicted molar refractivity (Wildman–Crippen MR) is 103 cm³/mol. The zero-order valence-corrected chi connectivity index (χ0v) is 17.5. The van der Waals surface area contributed by atoms with Crippen molar-refractivity contribution in [3.8, 4) is 5.75 Å². The van der Waals surface area contributed by atoms with E-state index in [2.05, 4.69) is 6.92 Å². The van der Waals surface area contributed by atoms with Crippen molar-refractivity contribution in [1.29, 1.82) is 0 Å². The molecule has 9 heteroatoms. The highest BCUT2D eigenvalue weighted by molar-refractivity contribution is 6.46. The van der Waals surface area contributed by atoms with Crippen LogP contribution in [0.25, 0.3) is 0 Å². The average Bonchev–Trinajstić information content (AvgIpc) is 2.57. The number of aliphatic carboxylic acids is 1. The minimum Gasteiger partial charge on any atom is -0.473 e. The molecule has 0 saturated heterocycles. The lowest BCUT2D eigenvalue weighted by Crippen LogP contribution is -2.24. The number of benzene rings is 1. The van der Waals surface area contributed by atoms with Crippen LogP contribution in [0, 0.1) is 5.41 Å². The Morgan fingerprint density at radius 2 is 1.74 bits per heavy atom. The molecule has 1 rings (SSSR count). The van der Waals surface area contributed by atoms with Crippen molar-refractivity contribution in [2.24, 2.45) is 5.41 Å². The summed E-state index contributed by atoms with van der Waals surface area (Å²) in [5.41, 5.74) is -0.675. The van der Waals surface area contributed by atoms with Crippen molar-refractivity contribution in [1.82, 2.24) is 0 Å². The second kappa shape index (κ2) is 10.2. The summed E-state index contributed by atoms with van der Waals surface area (Å²) in [6, 6.07) is 1.14. The van der Waals surface area contributed by atoms with Crippen molar-refractivity contribution in [3.63, 3.8) is 0 Å². The van der Waals surface area contributed by atoms with E-state index in [4.69, 9.17) is 49.4 Å². The Hall–Kier alpha value is -1.50. The number of rotatable bonds is 8. The van der Waals surface area contributed by atoms with Gasteiger partial charge in [-0.1, -0.05) is 74.8 Å². The third-order valence-corrected chi connectivity index (χ3v) is 4.82. The summed E-state index contributed by atoms with van der Waals surface area (Å²) in [5, 5.41) is 8.15. The zero-order valence-electron chi connectivity index (χ0n) is 15.2. The van der Waals surface area contributed by atoms with Crippen LogP contribution < -0.4 is 4.74 Å². The van der Waals surface area contributed by atoms with E-state index in [9.17, 15) is 14.4 Å². The number of carboxylic acids is 1. The molecule has 0 aliphatic heterocycles. The molecule has 0 spiro atoms. The predicted octanol–water partition coefficient (Wildman–Crippen LogP) is 5.40. The highest BCUT2D eigenvalue weighted by atomic mass is 35.5. The van der Waals surface area contributed by atoms with Crippen molar-refractivity contribution in [2.75, 3.05) is 6.61 Å². The van der Waals surface area contributed by atoms with E-state index in [1.165, 1.54) is 0 Å². The number of unbranched alkanes of at least 4 members (excludes halogenated alkanes) is 2. The van der Waals surface area contributed by atoms with Gasteiger partial charge in [-0.15, -0.1) is 0 Å². The van der Waals surface area contributed by atoms with Gasteiger partial charge in [-0.05, 0) is 17.9 Å². The summed E-state index contributed by atoms with van der Waals surface area (Å²) in [6.07, 6.45) is 3.98. The number of carbonyl (C=O) groups excluding carboxylic acids is 2. The molecule has 0 unspecified atom stereocenters. The highest BCUT2D eigenvalue weighted by Crippen LogP contribution is 2.40. The molecule has 0 radical (unpaired) electrons. The lowest BCUT2D eigenvalue weighted by atomic mass is 9.88. The summed E-state index contributed by atoms with van der Waals surface area (Å²) in [4.78, 5) is 34.7. The fourth-order valence-corrected chi connectivity index (χ4v) is 2.98. The maximum Gasteiger partial charge on any atom is 0.422 e. The smallest absolute Gasteiger partial charge is 0.422 e. The molecule has 0 bridgehead atoms. The molecule has 6 nitrogen and oxygen atoms in total. The second-order valence-corrected chi connectivity index (χ2v) is 7.94. The number of carboxylic acid groups (broad SMARTS) is 1. The van der Waals surface area contributed by atoms with Gasteiger partial charge in [0.25, 0.3) is 0 Å². The van der Waals surface area contributed by atoms with Crippen molar-refractivity contribution in [3.05, 3.63) is 26.7 Å². The van der Waals surface area contributed by atoms with E-state index in [1.54, 1.807) is 0 Å². The van der Waals surface area contributed by atoms with Gasteiger partial charge in [0.1, 0.15) is 5.56 Å². The van der Waals surface area contributed by atoms with Crippen molar-refractivity contribution >= 4 is 52.7 Å². The molecule has 0 amide bonds. The maximum atomic E-state index is 12.6. The standard InChI is InChI=1S/C18H21Cl3O6/c1-4-5-6-7-18(2,3)9-26-16(24)12-13(21)10(19)8-11(20)14(12)27-17(25)15(22)23/h8H,4-7,9H2,1-3H3,(H,22,23). The molecule has 1 aromatic rings. The van der Waals surface area contributed by atoms with Crippen LogP contribution in [0.2, 0.25) is 15.1 Å². The minimum absolute atomic E-state index is 0.0639. The zero-order chi connectivity index (χ0) is 20.8. The van der Waals surface area contributed by atoms with E-state index >= 15 is 0 Å². The van der Waals surface area contributed by atoms with Gasteiger partial charge in [0.2, 0.25) is 0 Å².